The van der Waals surface area contributed by atoms with Crippen molar-refractivity contribution >= 4 is 23.5 Å². The van der Waals surface area contributed by atoms with Crippen molar-refractivity contribution in [2.45, 2.75) is 33.1 Å². The number of aromatic nitrogens is 2. The molecule has 1 amide bonds. The highest BCUT2D eigenvalue weighted by Gasteiger charge is 2.21. The van der Waals surface area contributed by atoms with Crippen molar-refractivity contribution in [2.24, 2.45) is 0 Å². The molecule has 3 aromatic rings. The molecule has 7 heteroatoms. The lowest BCUT2D eigenvalue weighted by molar-refractivity contribution is 0.0519. The number of rotatable bonds is 9. The molecule has 0 aliphatic rings. The van der Waals surface area contributed by atoms with E-state index in [9.17, 15) is 9.59 Å². The summed E-state index contributed by atoms with van der Waals surface area (Å²) in [4.78, 5) is 24.4. The van der Waals surface area contributed by atoms with E-state index in [4.69, 9.17) is 16.3 Å². The maximum Gasteiger partial charge on any atom is 0.360 e. The molecular formula is C24H26ClN3O3. The number of nitrogens with one attached hydrogen (secondary N) is 1. The van der Waals surface area contributed by atoms with Gasteiger partial charge in [0.05, 0.1) is 23.0 Å². The van der Waals surface area contributed by atoms with Crippen molar-refractivity contribution in [3.05, 3.63) is 82.1 Å². The summed E-state index contributed by atoms with van der Waals surface area (Å²) in [6.45, 7) is 4.37. The molecule has 0 spiro atoms. The van der Waals surface area contributed by atoms with Crippen molar-refractivity contribution in [3.63, 3.8) is 0 Å². The Morgan fingerprint density at radius 2 is 1.77 bits per heavy atom. The van der Waals surface area contributed by atoms with Crippen LogP contribution in [0.15, 0.2) is 54.6 Å². The van der Waals surface area contributed by atoms with Crippen LogP contribution in [0.4, 0.5) is 0 Å². The molecule has 0 radical (unpaired) electrons. The number of hydrogen-bond acceptors (Lipinski definition) is 4. The van der Waals surface area contributed by atoms with Crippen molar-refractivity contribution in [1.29, 1.82) is 0 Å². The van der Waals surface area contributed by atoms with Gasteiger partial charge in [0.2, 0.25) is 0 Å². The molecule has 1 heterocycles. The van der Waals surface area contributed by atoms with Crippen molar-refractivity contribution in [1.82, 2.24) is 15.1 Å². The molecule has 0 atom stereocenters. The summed E-state index contributed by atoms with van der Waals surface area (Å²) in [5, 5.41) is 7.49. The van der Waals surface area contributed by atoms with Gasteiger partial charge in [-0.05, 0) is 62.9 Å². The van der Waals surface area contributed by atoms with Gasteiger partial charge in [0.1, 0.15) is 0 Å². The van der Waals surface area contributed by atoms with Gasteiger partial charge in [-0.2, -0.15) is 5.10 Å². The normalized spacial score (nSPS) is 10.7. The highest BCUT2D eigenvalue weighted by Crippen LogP contribution is 2.24. The average Bonchev–Trinajstić information content (AvgIpc) is 3.09. The van der Waals surface area contributed by atoms with E-state index in [1.54, 1.807) is 42.8 Å². The summed E-state index contributed by atoms with van der Waals surface area (Å²) < 4.78 is 6.56. The molecule has 3 rings (SSSR count). The van der Waals surface area contributed by atoms with E-state index < -0.39 is 5.97 Å². The topological polar surface area (TPSA) is 73.2 Å². The lowest BCUT2D eigenvalue weighted by Crippen LogP contribution is -2.24. The molecule has 0 unspecified atom stereocenters. The van der Waals surface area contributed by atoms with Gasteiger partial charge >= 0.3 is 5.97 Å². The largest absolute Gasteiger partial charge is 0.461 e. The maximum absolute atomic E-state index is 12.4. The van der Waals surface area contributed by atoms with Crippen molar-refractivity contribution in [2.75, 3.05) is 13.2 Å². The molecule has 31 heavy (non-hydrogen) atoms. The monoisotopic (exact) mass is 439 g/mol. The number of unbranched alkanes of at least 4 members (excludes halogenated alkanes) is 1. The summed E-state index contributed by atoms with van der Waals surface area (Å²) in [5.74, 6) is -0.675. The SMILES string of the molecule is CCOC(=O)c1nn(-c2ccc(C(=O)NCCCCc3ccccc3)cc2)c(C)c1Cl. The molecule has 0 aliphatic carbocycles. The van der Waals surface area contributed by atoms with Crippen LogP contribution in [0.2, 0.25) is 5.02 Å². The van der Waals surface area contributed by atoms with E-state index >= 15 is 0 Å². The number of carbonyl (C=O) groups is 2. The van der Waals surface area contributed by atoms with Crippen LogP contribution >= 0.6 is 11.6 Å². The molecule has 6 nitrogen and oxygen atoms in total. The number of ether oxygens (including phenoxy) is 1. The van der Waals surface area contributed by atoms with Gasteiger partial charge in [0.25, 0.3) is 5.91 Å². The molecule has 2 aromatic carbocycles. The van der Waals surface area contributed by atoms with Crippen LogP contribution in [0, 0.1) is 6.92 Å². The highest BCUT2D eigenvalue weighted by molar-refractivity contribution is 6.34. The Hall–Kier alpha value is -3.12. The molecule has 162 valence electrons. The second kappa shape index (κ2) is 10.8. The minimum Gasteiger partial charge on any atom is -0.461 e. The van der Waals surface area contributed by atoms with E-state index in [1.165, 1.54) is 5.56 Å². The van der Waals surface area contributed by atoms with Crippen molar-refractivity contribution < 1.29 is 14.3 Å². The van der Waals surface area contributed by atoms with Crippen LogP contribution < -0.4 is 5.32 Å². The molecular weight excluding hydrogens is 414 g/mol. The number of halogens is 1. The van der Waals surface area contributed by atoms with E-state index in [-0.39, 0.29) is 23.2 Å². The second-order valence-corrected chi connectivity index (χ2v) is 7.50. The Balaban J connectivity index is 1.55. The summed E-state index contributed by atoms with van der Waals surface area (Å²) in [5.41, 5.74) is 3.28. The first-order chi connectivity index (χ1) is 15.0. The summed E-state index contributed by atoms with van der Waals surface area (Å²) in [6.07, 6.45) is 2.94. The predicted octanol–water partition coefficient (Wildman–Crippen LogP) is 4.76. The van der Waals surface area contributed by atoms with Crippen LogP contribution in [0.3, 0.4) is 0 Å². The minimum absolute atomic E-state index is 0.0818. The van der Waals surface area contributed by atoms with E-state index in [0.717, 1.165) is 19.3 Å². The lowest BCUT2D eigenvalue weighted by atomic mass is 10.1. The maximum atomic E-state index is 12.4. The van der Waals surface area contributed by atoms with Gasteiger partial charge < -0.3 is 10.1 Å². The Morgan fingerprint density at radius 3 is 2.45 bits per heavy atom. The molecule has 0 bridgehead atoms. The summed E-state index contributed by atoms with van der Waals surface area (Å²) >= 11 is 6.25. The molecule has 1 N–H and O–H groups in total. The van der Waals surface area contributed by atoms with Crippen LogP contribution in [0.1, 0.15) is 51.9 Å². The summed E-state index contributed by atoms with van der Waals surface area (Å²) in [6, 6.07) is 17.3. The van der Waals surface area contributed by atoms with Gasteiger partial charge in [-0.1, -0.05) is 41.9 Å². The van der Waals surface area contributed by atoms with Crippen LogP contribution in [0.25, 0.3) is 5.69 Å². The zero-order valence-electron chi connectivity index (χ0n) is 17.7. The minimum atomic E-state index is -0.558. The summed E-state index contributed by atoms with van der Waals surface area (Å²) in [7, 11) is 0. The smallest absolute Gasteiger partial charge is 0.360 e. The molecule has 0 aliphatic heterocycles. The van der Waals surface area contributed by atoms with Gasteiger partial charge in [0, 0.05) is 12.1 Å². The van der Waals surface area contributed by atoms with Gasteiger partial charge in [-0.25, -0.2) is 9.48 Å². The molecule has 0 saturated carbocycles. The Kier molecular flexibility index (Phi) is 7.84. The highest BCUT2D eigenvalue weighted by atomic mass is 35.5. The quantitative estimate of drug-likeness (QED) is 0.385. The third-order valence-electron chi connectivity index (χ3n) is 4.91. The fourth-order valence-corrected chi connectivity index (χ4v) is 3.42. The number of amides is 1. The van der Waals surface area contributed by atoms with Gasteiger partial charge in [-0.15, -0.1) is 0 Å². The first kappa shape index (κ1) is 22.6. The van der Waals surface area contributed by atoms with Gasteiger partial charge in [-0.3, -0.25) is 4.79 Å². The van der Waals surface area contributed by atoms with Crippen LogP contribution in [-0.4, -0.2) is 34.8 Å². The Bertz CT molecular complexity index is 1030. The standard InChI is InChI=1S/C24H26ClN3O3/c1-3-31-24(30)22-21(25)17(2)28(27-22)20-14-12-19(13-15-20)23(29)26-16-8-7-11-18-9-5-4-6-10-18/h4-6,9-10,12-15H,3,7-8,11,16H2,1-2H3,(H,26,29). The fraction of sp³-hybridized carbons (Fsp3) is 0.292. The zero-order valence-corrected chi connectivity index (χ0v) is 18.5. The van der Waals surface area contributed by atoms with E-state index in [2.05, 4.69) is 22.5 Å². The first-order valence-electron chi connectivity index (χ1n) is 10.4. The van der Waals surface area contributed by atoms with Crippen LogP contribution in [-0.2, 0) is 11.2 Å². The van der Waals surface area contributed by atoms with Gasteiger partial charge in [0.15, 0.2) is 5.69 Å². The Morgan fingerprint density at radius 1 is 1.06 bits per heavy atom. The number of nitrogens with zero attached hydrogens (tertiary/aromatic N) is 2. The number of hydrogen-bond donors (Lipinski definition) is 1. The molecule has 0 fully saturated rings. The first-order valence-corrected chi connectivity index (χ1v) is 10.7. The third-order valence-corrected chi connectivity index (χ3v) is 5.36. The Labute approximate surface area is 187 Å². The van der Waals surface area contributed by atoms with Crippen molar-refractivity contribution in [3.8, 4) is 5.69 Å². The van der Waals surface area contributed by atoms with E-state index in [1.807, 2.05) is 18.2 Å². The molecule has 1 aromatic heterocycles. The second-order valence-electron chi connectivity index (χ2n) is 7.13. The number of aryl methyl sites for hydroxylation is 1. The number of esters is 1. The predicted molar refractivity (Wildman–Crippen MR) is 121 cm³/mol. The lowest BCUT2D eigenvalue weighted by Gasteiger charge is -2.08. The average molecular weight is 440 g/mol. The molecule has 0 saturated heterocycles. The van der Waals surface area contributed by atoms with E-state index in [0.29, 0.717) is 23.5 Å². The fourth-order valence-electron chi connectivity index (χ4n) is 3.22. The van der Waals surface area contributed by atoms with Crippen LogP contribution in [0.5, 0.6) is 0 Å². The number of carbonyl (C=O) groups excluding carboxylic acids is 2. The zero-order chi connectivity index (χ0) is 22.2. The third kappa shape index (κ3) is 5.73. The number of benzene rings is 2.